The summed E-state index contributed by atoms with van der Waals surface area (Å²) in [5.74, 6) is -0.300. The van der Waals surface area contributed by atoms with E-state index in [0.717, 1.165) is 5.56 Å². The van der Waals surface area contributed by atoms with Crippen molar-refractivity contribution in [1.82, 2.24) is 20.1 Å². The lowest BCUT2D eigenvalue weighted by molar-refractivity contribution is 0.0775. The van der Waals surface area contributed by atoms with E-state index in [-0.39, 0.29) is 23.5 Å². The smallest absolute Gasteiger partial charge is 0.254 e. The standard InChI is InChI=1S/C20H15FN4O3/c1-25(11-18-23-24-19(28-18)12-5-3-2-4-6-12)20(27)15-10-17(26)22-16-9-13(21)7-8-14(15)16/h2-10H,11H2,1H3,(H,22,26). The second-order valence-corrected chi connectivity index (χ2v) is 6.27. The van der Waals surface area contributed by atoms with Gasteiger partial charge in [0.05, 0.1) is 17.6 Å². The molecule has 2 heterocycles. The molecule has 0 aliphatic rings. The van der Waals surface area contributed by atoms with Gasteiger partial charge in [-0.3, -0.25) is 9.59 Å². The minimum absolute atomic E-state index is 0.0636. The normalized spacial score (nSPS) is 10.9. The van der Waals surface area contributed by atoms with Crippen LogP contribution in [0.4, 0.5) is 4.39 Å². The topological polar surface area (TPSA) is 92.1 Å². The van der Waals surface area contributed by atoms with Gasteiger partial charge in [-0.05, 0) is 30.3 Å². The maximum absolute atomic E-state index is 13.4. The third kappa shape index (κ3) is 3.39. The van der Waals surface area contributed by atoms with E-state index < -0.39 is 17.3 Å². The molecule has 28 heavy (non-hydrogen) atoms. The molecule has 0 atom stereocenters. The Bertz CT molecular complexity index is 1220. The number of carbonyl (C=O) groups excluding carboxylic acids is 1. The second kappa shape index (κ2) is 7.07. The molecular formula is C20H15FN4O3. The monoisotopic (exact) mass is 378 g/mol. The summed E-state index contributed by atoms with van der Waals surface area (Å²) in [4.78, 5) is 28.6. The lowest BCUT2D eigenvalue weighted by atomic mass is 10.1. The van der Waals surface area contributed by atoms with Gasteiger partial charge in [0.25, 0.3) is 5.91 Å². The number of H-pyrrole nitrogens is 1. The van der Waals surface area contributed by atoms with Crippen molar-refractivity contribution in [2.75, 3.05) is 7.05 Å². The Kier molecular flexibility index (Phi) is 4.44. The van der Waals surface area contributed by atoms with Crippen molar-refractivity contribution in [1.29, 1.82) is 0 Å². The first-order valence-corrected chi connectivity index (χ1v) is 8.47. The van der Waals surface area contributed by atoms with Crippen LogP contribution in [0.3, 0.4) is 0 Å². The van der Waals surface area contributed by atoms with Crippen molar-refractivity contribution < 1.29 is 13.6 Å². The van der Waals surface area contributed by atoms with Gasteiger partial charge in [-0.1, -0.05) is 18.2 Å². The van der Waals surface area contributed by atoms with Crippen LogP contribution in [-0.2, 0) is 6.54 Å². The average molecular weight is 378 g/mol. The highest BCUT2D eigenvalue weighted by Gasteiger charge is 2.19. The molecule has 2 aromatic heterocycles. The molecule has 2 aromatic carbocycles. The van der Waals surface area contributed by atoms with E-state index in [2.05, 4.69) is 15.2 Å². The molecule has 0 saturated heterocycles. The number of halogens is 1. The molecular weight excluding hydrogens is 363 g/mol. The summed E-state index contributed by atoms with van der Waals surface area (Å²) in [5, 5.41) is 8.42. The Morgan fingerprint density at radius 3 is 2.71 bits per heavy atom. The molecule has 0 aliphatic heterocycles. The summed E-state index contributed by atoms with van der Waals surface area (Å²) in [6.07, 6.45) is 0. The summed E-state index contributed by atoms with van der Waals surface area (Å²) in [6.45, 7) is 0.0636. The summed E-state index contributed by atoms with van der Waals surface area (Å²) in [5.41, 5.74) is 0.717. The van der Waals surface area contributed by atoms with Crippen molar-refractivity contribution in [3.63, 3.8) is 0 Å². The number of nitrogens with zero attached hydrogens (tertiary/aromatic N) is 3. The van der Waals surface area contributed by atoms with E-state index >= 15 is 0 Å². The number of hydrogen-bond donors (Lipinski definition) is 1. The Labute approximate surface area is 158 Å². The first-order chi connectivity index (χ1) is 13.5. The molecule has 4 rings (SSSR count). The highest BCUT2D eigenvalue weighted by molar-refractivity contribution is 6.05. The zero-order valence-electron chi connectivity index (χ0n) is 14.8. The van der Waals surface area contributed by atoms with Crippen molar-refractivity contribution >= 4 is 16.8 Å². The third-order valence-corrected chi connectivity index (χ3v) is 4.24. The van der Waals surface area contributed by atoms with Gasteiger partial charge < -0.3 is 14.3 Å². The van der Waals surface area contributed by atoms with E-state index in [1.54, 1.807) is 7.05 Å². The lowest BCUT2D eigenvalue weighted by Gasteiger charge is -2.16. The van der Waals surface area contributed by atoms with Gasteiger partial charge in [0.15, 0.2) is 0 Å². The number of hydrogen-bond acceptors (Lipinski definition) is 5. The summed E-state index contributed by atoms with van der Waals surface area (Å²) >= 11 is 0. The number of pyridine rings is 1. The Hall–Kier alpha value is -3.81. The predicted molar refractivity (Wildman–Crippen MR) is 100 cm³/mol. The quantitative estimate of drug-likeness (QED) is 0.589. The van der Waals surface area contributed by atoms with E-state index in [9.17, 15) is 14.0 Å². The zero-order chi connectivity index (χ0) is 19.7. The highest BCUT2D eigenvalue weighted by Crippen LogP contribution is 2.20. The molecule has 0 aliphatic carbocycles. The van der Waals surface area contributed by atoms with Gasteiger partial charge >= 0.3 is 0 Å². The Morgan fingerprint density at radius 1 is 1.14 bits per heavy atom. The number of carbonyl (C=O) groups is 1. The maximum atomic E-state index is 13.4. The third-order valence-electron chi connectivity index (χ3n) is 4.24. The lowest BCUT2D eigenvalue weighted by Crippen LogP contribution is -2.27. The van der Waals surface area contributed by atoms with E-state index in [0.29, 0.717) is 11.3 Å². The van der Waals surface area contributed by atoms with E-state index in [4.69, 9.17) is 4.42 Å². The van der Waals surface area contributed by atoms with Gasteiger partial charge in [-0.15, -0.1) is 10.2 Å². The number of aromatic amines is 1. The fourth-order valence-corrected chi connectivity index (χ4v) is 2.90. The van der Waals surface area contributed by atoms with Crippen LogP contribution >= 0.6 is 0 Å². The number of nitrogens with one attached hydrogen (secondary N) is 1. The van der Waals surface area contributed by atoms with Gasteiger partial charge in [0, 0.05) is 24.1 Å². The molecule has 0 fully saturated rings. The van der Waals surface area contributed by atoms with Crippen molar-refractivity contribution in [2.45, 2.75) is 6.54 Å². The molecule has 0 saturated carbocycles. The van der Waals surface area contributed by atoms with Crippen molar-refractivity contribution in [2.24, 2.45) is 0 Å². The molecule has 1 amide bonds. The Balaban J connectivity index is 1.60. The van der Waals surface area contributed by atoms with E-state index in [1.807, 2.05) is 30.3 Å². The zero-order valence-corrected chi connectivity index (χ0v) is 14.8. The van der Waals surface area contributed by atoms with Crippen LogP contribution in [0, 0.1) is 5.82 Å². The van der Waals surface area contributed by atoms with Crippen LogP contribution in [0.1, 0.15) is 16.2 Å². The molecule has 0 radical (unpaired) electrons. The van der Waals surface area contributed by atoms with Crippen LogP contribution in [0.25, 0.3) is 22.4 Å². The van der Waals surface area contributed by atoms with Crippen LogP contribution in [0.5, 0.6) is 0 Å². The number of rotatable bonds is 4. The minimum atomic E-state index is -0.500. The van der Waals surface area contributed by atoms with Gasteiger partial charge in [-0.2, -0.15) is 0 Å². The number of amides is 1. The summed E-state index contributed by atoms with van der Waals surface area (Å²) in [6, 6.07) is 14.3. The number of fused-ring (bicyclic) bond motifs is 1. The largest absolute Gasteiger partial charge is 0.419 e. The summed E-state index contributed by atoms with van der Waals surface area (Å²) < 4.78 is 19.1. The second-order valence-electron chi connectivity index (χ2n) is 6.27. The average Bonchev–Trinajstić information content (AvgIpc) is 3.15. The minimum Gasteiger partial charge on any atom is -0.419 e. The fourth-order valence-electron chi connectivity index (χ4n) is 2.90. The molecule has 0 bridgehead atoms. The van der Waals surface area contributed by atoms with E-state index in [1.165, 1.54) is 29.2 Å². The maximum Gasteiger partial charge on any atom is 0.254 e. The molecule has 0 unspecified atom stereocenters. The predicted octanol–water partition coefficient (Wildman–Crippen LogP) is 2.99. The first-order valence-electron chi connectivity index (χ1n) is 8.47. The van der Waals surface area contributed by atoms with Gasteiger partial charge in [0.2, 0.25) is 17.3 Å². The number of aromatic nitrogens is 3. The first kappa shape index (κ1) is 17.6. The molecule has 1 N–H and O–H groups in total. The highest BCUT2D eigenvalue weighted by atomic mass is 19.1. The van der Waals surface area contributed by atoms with Crippen LogP contribution in [0.15, 0.2) is 63.8 Å². The molecule has 7 nitrogen and oxygen atoms in total. The SMILES string of the molecule is CN(Cc1nnc(-c2ccccc2)o1)C(=O)c1cc(=O)[nH]c2cc(F)ccc12. The van der Waals surface area contributed by atoms with Crippen LogP contribution in [-0.4, -0.2) is 33.0 Å². The molecule has 140 valence electrons. The Morgan fingerprint density at radius 2 is 1.93 bits per heavy atom. The van der Waals surface area contributed by atoms with Crippen molar-refractivity contribution in [3.8, 4) is 11.5 Å². The molecule has 4 aromatic rings. The van der Waals surface area contributed by atoms with Gasteiger partial charge in [0.1, 0.15) is 5.82 Å². The van der Waals surface area contributed by atoms with Gasteiger partial charge in [-0.25, -0.2) is 4.39 Å². The number of benzene rings is 2. The summed E-state index contributed by atoms with van der Waals surface area (Å²) in [7, 11) is 1.56. The molecule has 0 spiro atoms. The fraction of sp³-hybridized carbons (Fsp3) is 0.100. The molecule has 8 heteroatoms. The van der Waals surface area contributed by atoms with Crippen LogP contribution in [0.2, 0.25) is 0 Å². The van der Waals surface area contributed by atoms with Crippen molar-refractivity contribution in [3.05, 3.63) is 82.2 Å². The van der Waals surface area contributed by atoms with Crippen LogP contribution < -0.4 is 5.56 Å².